The number of nitrogens with one attached hydrogen (secondary N) is 1. The van der Waals surface area contributed by atoms with E-state index in [1.807, 2.05) is 31.2 Å². The lowest BCUT2D eigenvalue weighted by Gasteiger charge is -2.32. The highest BCUT2D eigenvalue weighted by atomic mass is 16.5. The maximum absolute atomic E-state index is 12.3. The van der Waals surface area contributed by atoms with Crippen LogP contribution in [0.25, 0.3) is 5.65 Å². The van der Waals surface area contributed by atoms with Crippen molar-refractivity contribution in [2.45, 2.75) is 44.8 Å². The molecule has 0 spiro atoms. The van der Waals surface area contributed by atoms with Gasteiger partial charge in [-0.3, -0.25) is 4.79 Å². The highest BCUT2D eigenvalue weighted by molar-refractivity contribution is 5.91. The Balaban J connectivity index is 1.47. The molecule has 1 aromatic carbocycles. The molecule has 1 fully saturated rings. The molecule has 1 aliphatic rings. The number of nitrogens with zero attached hydrogens (tertiary/aromatic N) is 3. The van der Waals surface area contributed by atoms with Gasteiger partial charge in [0, 0.05) is 5.92 Å². The predicted molar refractivity (Wildman–Crippen MR) is 105 cm³/mol. The molecule has 0 aliphatic heterocycles. The van der Waals surface area contributed by atoms with Crippen molar-refractivity contribution in [3.8, 4) is 5.75 Å². The average molecular weight is 380 g/mol. The minimum atomic E-state index is -0.477. The van der Waals surface area contributed by atoms with Crippen molar-refractivity contribution in [2.24, 2.45) is 0 Å². The molecule has 7 heteroatoms. The van der Waals surface area contributed by atoms with Gasteiger partial charge >= 0.3 is 0 Å². The molecule has 2 aromatic heterocycles. The number of carbonyl (C=O) groups is 1. The van der Waals surface area contributed by atoms with Crippen molar-refractivity contribution < 1.29 is 14.6 Å². The molecule has 1 aliphatic carbocycles. The number of rotatable bonds is 6. The van der Waals surface area contributed by atoms with Crippen molar-refractivity contribution in [1.82, 2.24) is 19.9 Å². The summed E-state index contributed by atoms with van der Waals surface area (Å²) >= 11 is 0. The molecule has 2 heterocycles. The van der Waals surface area contributed by atoms with Crippen LogP contribution in [0.1, 0.15) is 47.4 Å². The van der Waals surface area contributed by atoms with Crippen LogP contribution in [0.3, 0.4) is 0 Å². The fourth-order valence-electron chi connectivity index (χ4n) is 3.28. The minimum absolute atomic E-state index is 0.0944. The zero-order valence-corrected chi connectivity index (χ0v) is 16.0. The summed E-state index contributed by atoms with van der Waals surface area (Å²) in [4.78, 5) is 16.7. The van der Waals surface area contributed by atoms with Crippen LogP contribution in [-0.2, 0) is 0 Å². The molecule has 2 N–H and O–H groups in total. The van der Waals surface area contributed by atoms with Gasteiger partial charge in [-0.15, -0.1) is 5.10 Å². The lowest BCUT2D eigenvalue weighted by atomic mass is 9.89. The van der Waals surface area contributed by atoms with Gasteiger partial charge in [0.1, 0.15) is 5.75 Å². The van der Waals surface area contributed by atoms with Gasteiger partial charge in [-0.2, -0.15) is 0 Å². The molecule has 0 unspecified atom stereocenters. The van der Waals surface area contributed by atoms with Crippen LogP contribution < -0.4 is 10.1 Å². The van der Waals surface area contributed by atoms with Crippen LogP contribution in [0, 0.1) is 6.92 Å². The third-order valence-electron chi connectivity index (χ3n) is 5.22. The highest BCUT2D eigenvalue weighted by Gasteiger charge is 2.31. The fraction of sp³-hybridized carbons (Fsp3) is 0.381. The van der Waals surface area contributed by atoms with Crippen molar-refractivity contribution >= 4 is 11.6 Å². The first-order chi connectivity index (χ1) is 13.5. The van der Waals surface area contributed by atoms with Crippen LogP contribution in [0.5, 0.6) is 5.75 Å². The quantitative estimate of drug-likeness (QED) is 0.686. The van der Waals surface area contributed by atoms with E-state index in [0.717, 1.165) is 12.0 Å². The maximum Gasteiger partial charge on any atom is 0.291 e. The van der Waals surface area contributed by atoms with E-state index in [1.165, 1.54) is 5.56 Å². The SMILES string of the molecule is Cc1cc(OC[C@H](C)c2ccccc2)cn2nc(C(=O)N[C@@H]3CC[C@H]3O)nc12. The summed E-state index contributed by atoms with van der Waals surface area (Å²) in [6, 6.07) is 11.9. The summed E-state index contributed by atoms with van der Waals surface area (Å²) < 4.78 is 7.54. The van der Waals surface area contributed by atoms with E-state index < -0.39 is 6.10 Å². The Kier molecular flexibility index (Phi) is 5.00. The number of carbonyl (C=O) groups excluding carboxylic acids is 1. The van der Waals surface area contributed by atoms with Crippen molar-refractivity contribution in [3.63, 3.8) is 0 Å². The van der Waals surface area contributed by atoms with Gasteiger partial charge in [0.05, 0.1) is 24.9 Å². The number of hydrogen-bond acceptors (Lipinski definition) is 5. The topological polar surface area (TPSA) is 88.8 Å². The normalized spacial score (nSPS) is 19.8. The molecular formula is C21H24N4O3. The van der Waals surface area contributed by atoms with Gasteiger partial charge in [-0.05, 0) is 37.0 Å². The van der Waals surface area contributed by atoms with Crippen LogP contribution in [0.15, 0.2) is 42.6 Å². The van der Waals surface area contributed by atoms with E-state index in [4.69, 9.17) is 4.74 Å². The summed E-state index contributed by atoms with van der Waals surface area (Å²) in [6.45, 7) is 4.57. The number of amides is 1. The van der Waals surface area contributed by atoms with E-state index >= 15 is 0 Å². The lowest BCUT2D eigenvalue weighted by molar-refractivity contribution is 0.0443. The molecule has 0 radical (unpaired) electrons. The number of aliphatic hydroxyl groups excluding tert-OH is 1. The summed E-state index contributed by atoms with van der Waals surface area (Å²) in [5, 5.41) is 16.7. The van der Waals surface area contributed by atoms with Gasteiger partial charge < -0.3 is 15.2 Å². The lowest BCUT2D eigenvalue weighted by Crippen LogP contribution is -2.50. The number of hydrogen-bond donors (Lipinski definition) is 2. The van der Waals surface area contributed by atoms with Gasteiger partial charge in [0.2, 0.25) is 5.82 Å². The van der Waals surface area contributed by atoms with Crippen molar-refractivity contribution in [2.75, 3.05) is 6.61 Å². The Morgan fingerprint density at radius 1 is 1.36 bits per heavy atom. The molecule has 3 aromatic rings. The smallest absolute Gasteiger partial charge is 0.291 e. The third-order valence-corrected chi connectivity index (χ3v) is 5.22. The summed E-state index contributed by atoms with van der Waals surface area (Å²) in [6.07, 6.45) is 2.75. The number of aryl methyl sites for hydroxylation is 1. The average Bonchev–Trinajstić information content (AvgIpc) is 3.14. The van der Waals surface area contributed by atoms with Gasteiger partial charge in [-0.25, -0.2) is 9.50 Å². The van der Waals surface area contributed by atoms with Crippen LogP contribution in [0.2, 0.25) is 0 Å². The Labute approximate surface area is 163 Å². The fourth-order valence-corrected chi connectivity index (χ4v) is 3.28. The zero-order valence-electron chi connectivity index (χ0n) is 16.0. The number of fused-ring (bicyclic) bond motifs is 1. The third kappa shape index (κ3) is 3.71. The number of aromatic nitrogens is 3. The standard InChI is InChI=1S/C21H24N4O3/c1-13-10-16(28-12-14(2)15-6-4-3-5-7-15)11-25-20(13)23-19(24-25)21(27)22-17-8-9-18(17)26/h3-7,10-11,14,17-18,26H,8-9,12H2,1-2H3,(H,22,27)/t14-,17+,18+/m0/s1. The molecule has 146 valence electrons. The van der Waals surface area contributed by atoms with E-state index in [9.17, 15) is 9.90 Å². The predicted octanol–water partition coefficient (Wildman–Crippen LogP) is 2.47. The zero-order chi connectivity index (χ0) is 19.7. The van der Waals surface area contributed by atoms with E-state index in [1.54, 1.807) is 10.7 Å². The Morgan fingerprint density at radius 3 is 2.82 bits per heavy atom. The van der Waals surface area contributed by atoms with Crippen molar-refractivity contribution in [3.05, 3.63) is 59.5 Å². The monoisotopic (exact) mass is 380 g/mol. The molecular weight excluding hydrogens is 356 g/mol. The molecule has 4 rings (SSSR count). The first-order valence-electron chi connectivity index (χ1n) is 9.55. The van der Waals surface area contributed by atoms with Gasteiger partial charge in [-0.1, -0.05) is 37.3 Å². The molecule has 28 heavy (non-hydrogen) atoms. The summed E-state index contributed by atoms with van der Waals surface area (Å²) in [7, 11) is 0. The Morgan fingerprint density at radius 2 is 2.14 bits per heavy atom. The van der Waals surface area contributed by atoms with Crippen molar-refractivity contribution in [1.29, 1.82) is 0 Å². The van der Waals surface area contributed by atoms with Crippen LogP contribution >= 0.6 is 0 Å². The first kappa shape index (κ1) is 18.4. The Hall–Kier alpha value is -2.93. The molecule has 3 atom stereocenters. The van der Waals surface area contributed by atoms with Crippen LogP contribution in [0.4, 0.5) is 0 Å². The second-order valence-electron chi connectivity index (χ2n) is 7.41. The first-order valence-corrected chi connectivity index (χ1v) is 9.55. The van der Waals surface area contributed by atoms with Gasteiger partial charge in [0.15, 0.2) is 5.65 Å². The maximum atomic E-state index is 12.3. The second kappa shape index (κ2) is 7.59. The number of benzene rings is 1. The number of pyridine rings is 1. The van der Waals surface area contributed by atoms with Gasteiger partial charge in [0.25, 0.3) is 5.91 Å². The molecule has 0 bridgehead atoms. The molecule has 7 nitrogen and oxygen atoms in total. The Bertz CT molecular complexity index is 986. The summed E-state index contributed by atoms with van der Waals surface area (Å²) in [5.74, 6) is 0.659. The minimum Gasteiger partial charge on any atom is -0.491 e. The molecule has 1 saturated carbocycles. The highest BCUT2D eigenvalue weighted by Crippen LogP contribution is 2.22. The number of ether oxygens (including phenoxy) is 1. The van der Waals surface area contributed by atoms with E-state index in [2.05, 4.69) is 34.5 Å². The van der Waals surface area contributed by atoms with E-state index in [0.29, 0.717) is 24.4 Å². The molecule has 1 amide bonds. The largest absolute Gasteiger partial charge is 0.491 e. The second-order valence-corrected chi connectivity index (χ2v) is 7.41. The summed E-state index contributed by atoms with van der Waals surface area (Å²) in [5.41, 5.74) is 2.71. The van der Waals surface area contributed by atoms with Crippen LogP contribution in [-0.4, -0.2) is 44.4 Å². The number of aliphatic hydroxyl groups is 1. The van der Waals surface area contributed by atoms with E-state index in [-0.39, 0.29) is 23.7 Å². The molecule has 0 saturated heterocycles.